The fraction of sp³-hybridized carbons (Fsp3) is 0.114. The zero-order chi connectivity index (χ0) is 38.5. The summed E-state index contributed by atoms with van der Waals surface area (Å²) in [5, 5.41) is 4.85. The van der Waals surface area contributed by atoms with Crippen LogP contribution in [0.3, 0.4) is 0 Å². The van der Waals surface area contributed by atoms with Crippen LogP contribution in [0.1, 0.15) is 23.7 Å². The van der Waals surface area contributed by atoms with Gasteiger partial charge in [0.25, 0.3) is 0 Å². The van der Waals surface area contributed by atoms with Crippen molar-refractivity contribution in [3.8, 4) is 22.5 Å². The summed E-state index contributed by atoms with van der Waals surface area (Å²) in [7, 11) is -1.42. The minimum atomic E-state index is -2.17. The van der Waals surface area contributed by atoms with Crippen LogP contribution in [-0.2, 0) is 26.5 Å². The van der Waals surface area contributed by atoms with E-state index in [-0.39, 0.29) is 20.1 Å². The van der Waals surface area contributed by atoms with E-state index in [0.29, 0.717) is 28.1 Å². The molecule has 0 amide bonds. The molecule has 5 aromatic heterocycles. The molecule has 0 aliphatic rings. The summed E-state index contributed by atoms with van der Waals surface area (Å²) in [4.78, 5) is 13.6. The van der Waals surface area contributed by atoms with E-state index in [9.17, 15) is 0 Å². The topological polar surface area (TPSA) is 51.8 Å². The summed E-state index contributed by atoms with van der Waals surface area (Å²) in [6.45, 7) is 4.72. The molecule has 0 bridgehead atoms. The summed E-state index contributed by atoms with van der Waals surface area (Å²) in [6.07, 6.45) is 1.98. The fourth-order valence-electron chi connectivity index (χ4n) is 6.01. The van der Waals surface area contributed by atoms with Crippen LogP contribution >= 0.6 is 11.3 Å². The molecule has 0 N–H and O–H groups in total. The van der Waals surface area contributed by atoms with Gasteiger partial charge in [-0.25, -0.2) is 4.98 Å². The average molecular weight is 879 g/mol. The van der Waals surface area contributed by atoms with Crippen molar-refractivity contribution in [2.75, 3.05) is 0 Å². The average Bonchev–Trinajstić information content (AvgIpc) is 3.76. The van der Waals surface area contributed by atoms with Gasteiger partial charge in [0.05, 0.1) is 13.7 Å². The molecule has 4 nitrogen and oxygen atoms in total. The third-order valence-corrected chi connectivity index (χ3v) is 11.8. The Labute approximate surface area is 323 Å². The third kappa shape index (κ3) is 6.95. The second-order valence-corrected chi connectivity index (χ2v) is 19.1. The predicted molar refractivity (Wildman–Crippen MR) is 212 cm³/mol. The predicted octanol–water partition coefficient (Wildman–Crippen LogP) is 11.2. The first kappa shape index (κ1) is 28.9. The van der Waals surface area contributed by atoms with Gasteiger partial charge in [-0.2, -0.15) is 11.3 Å². The van der Waals surface area contributed by atoms with Crippen molar-refractivity contribution in [3.05, 3.63) is 157 Å². The molecule has 51 heavy (non-hydrogen) atoms. The quantitative estimate of drug-likeness (QED) is 0.128. The molecule has 0 unspecified atom stereocenters. The van der Waals surface area contributed by atoms with Crippen LogP contribution in [0.4, 0.5) is 0 Å². The Kier molecular flexibility index (Phi) is 8.18. The zero-order valence-electron chi connectivity index (χ0n) is 33.1. The van der Waals surface area contributed by atoms with Gasteiger partial charge in [0.2, 0.25) is 5.71 Å². The summed E-state index contributed by atoms with van der Waals surface area (Å²) >= 11 is 1.61. The second kappa shape index (κ2) is 14.4. The Hall–Kier alpha value is -4.78. The van der Waals surface area contributed by atoms with Crippen molar-refractivity contribution in [3.63, 3.8) is 0 Å². The number of nitrogens with zero attached hydrogens (tertiary/aromatic N) is 3. The smallest absolute Gasteiger partial charge is 0.216 e. The van der Waals surface area contributed by atoms with Crippen LogP contribution in [0.5, 0.6) is 0 Å². The number of hydrogen-bond donors (Lipinski definition) is 0. The number of benzene rings is 4. The largest absolute Gasteiger partial charge is 0.486 e. The van der Waals surface area contributed by atoms with E-state index >= 15 is 0 Å². The van der Waals surface area contributed by atoms with Crippen LogP contribution in [0.15, 0.2) is 132 Å². The van der Waals surface area contributed by atoms with E-state index in [2.05, 4.69) is 47.8 Å². The van der Waals surface area contributed by atoms with Gasteiger partial charge >= 0.3 is 0 Å². The molecule has 5 heterocycles. The Balaban J connectivity index is 0.000000169. The SMILES string of the molecule is [2H]C([2H])([2H])c1c[c-]c(-c2ccc([Si](C)(C)C)cn2)c2sc3ccccc3c12.[2H]C([2H])(c1ccccc1)c1ccc2c(n1)oc1c(-c3ccccn3)[c-]ccc12.[Ir]. The Morgan fingerprint density at radius 3 is 2.35 bits per heavy atom. The Bertz CT molecular complexity index is 2820. The maximum Gasteiger partial charge on any atom is 0.216 e. The molecule has 0 spiro atoms. The minimum Gasteiger partial charge on any atom is -0.486 e. The van der Waals surface area contributed by atoms with Crippen molar-refractivity contribution in [2.24, 2.45) is 0 Å². The van der Waals surface area contributed by atoms with Gasteiger partial charge < -0.3 is 14.4 Å². The first-order valence-electron chi connectivity index (χ1n) is 18.9. The third-order valence-electron chi connectivity index (χ3n) is 8.60. The van der Waals surface area contributed by atoms with Crippen molar-refractivity contribution in [1.82, 2.24) is 15.0 Å². The molecule has 0 aliphatic heterocycles. The Morgan fingerprint density at radius 1 is 0.784 bits per heavy atom. The monoisotopic (exact) mass is 879 g/mol. The molecule has 9 rings (SSSR count). The first-order valence-corrected chi connectivity index (χ1v) is 20.7. The summed E-state index contributed by atoms with van der Waals surface area (Å²) in [5.41, 5.74) is 5.54. The van der Waals surface area contributed by atoms with Gasteiger partial charge in [0, 0.05) is 61.5 Å². The van der Waals surface area contributed by atoms with Crippen LogP contribution in [-0.4, -0.2) is 23.0 Å². The van der Waals surface area contributed by atoms with E-state index in [1.807, 2.05) is 91.1 Å². The van der Waals surface area contributed by atoms with Crippen LogP contribution in [0, 0.1) is 19.0 Å². The molecule has 7 heteroatoms. The van der Waals surface area contributed by atoms with Gasteiger partial charge in [-0.3, -0.25) is 0 Å². The first-order chi connectivity index (χ1) is 26.3. The molecule has 9 aromatic rings. The van der Waals surface area contributed by atoms with E-state index in [1.165, 1.54) is 5.19 Å². The number of aromatic nitrogens is 3. The molecular formula is C44H35IrN3OSSi-2. The number of aryl methyl sites for hydroxylation is 1. The Morgan fingerprint density at radius 2 is 1.59 bits per heavy atom. The molecule has 253 valence electrons. The van der Waals surface area contributed by atoms with E-state index in [1.54, 1.807) is 41.8 Å². The van der Waals surface area contributed by atoms with Crippen LogP contribution in [0.25, 0.3) is 64.8 Å². The van der Waals surface area contributed by atoms with Gasteiger partial charge in [0.15, 0.2) is 0 Å². The van der Waals surface area contributed by atoms with Crippen LogP contribution < -0.4 is 5.19 Å². The molecule has 0 fully saturated rings. The van der Waals surface area contributed by atoms with Gasteiger partial charge in [0.1, 0.15) is 0 Å². The van der Waals surface area contributed by atoms with Crippen molar-refractivity contribution >= 4 is 66.8 Å². The molecule has 0 aliphatic carbocycles. The fourth-order valence-corrected chi connectivity index (χ4v) is 8.28. The maximum atomic E-state index is 8.54. The van der Waals surface area contributed by atoms with Gasteiger partial charge in [-0.15, -0.1) is 41.5 Å². The minimum absolute atomic E-state index is 0. The maximum absolute atomic E-state index is 8.54. The van der Waals surface area contributed by atoms with Crippen LogP contribution in [0.2, 0.25) is 19.6 Å². The van der Waals surface area contributed by atoms with Crippen molar-refractivity contribution in [1.29, 1.82) is 0 Å². The number of rotatable bonds is 5. The van der Waals surface area contributed by atoms with Crippen molar-refractivity contribution < 1.29 is 31.4 Å². The number of fused-ring (bicyclic) bond motifs is 6. The van der Waals surface area contributed by atoms with Crippen molar-refractivity contribution in [2.45, 2.75) is 32.9 Å². The van der Waals surface area contributed by atoms with Gasteiger partial charge in [-0.1, -0.05) is 116 Å². The second-order valence-electron chi connectivity index (χ2n) is 13.0. The normalized spacial score (nSPS) is 13.4. The summed E-state index contributed by atoms with van der Waals surface area (Å²) in [6, 6.07) is 42.3. The van der Waals surface area contributed by atoms with E-state index < -0.39 is 21.3 Å². The number of thiophene rings is 1. The summed E-state index contributed by atoms with van der Waals surface area (Å²) in [5.74, 6) is 0. The number of furan rings is 1. The molecule has 0 saturated heterocycles. The number of pyridine rings is 3. The van der Waals surface area contributed by atoms with E-state index in [0.717, 1.165) is 53.5 Å². The molecule has 0 saturated carbocycles. The summed E-state index contributed by atoms with van der Waals surface area (Å²) < 4.78 is 49.0. The standard InChI is InChI=1S/C23H15N2O.C21H20NSSi.Ir/c1-2-7-16(8-3-1)15-17-12-13-19-18-9-6-10-20(21-11-4-5-14-24-21)22(18)26-23(19)25-17;1-14-9-11-16(18-12-10-15(13-22-18)24(2,3)4)21-20(14)17-7-5-6-8-19(17)23-21;/h1-9,11-14H,15H2;5-10,12-13H,1-4H3;/q2*-1;/i15D2;1D3;. The molecule has 4 aromatic carbocycles. The van der Waals surface area contributed by atoms with E-state index in [4.69, 9.17) is 16.3 Å². The number of hydrogen-bond acceptors (Lipinski definition) is 5. The zero-order valence-corrected chi connectivity index (χ0v) is 32.3. The van der Waals surface area contributed by atoms with Gasteiger partial charge in [-0.05, 0) is 56.5 Å². The molecule has 1 radical (unpaired) electrons. The molecule has 0 atom stereocenters. The molecular weight excluding hydrogens is 839 g/mol.